The Bertz CT molecular complexity index is 1040. The minimum atomic E-state index is -0.465. The molecule has 140 valence electrons. The molecule has 1 heterocycles. The van der Waals surface area contributed by atoms with Crippen molar-refractivity contribution < 1.29 is 9.53 Å². The molecule has 5 nitrogen and oxygen atoms in total. The number of aromatic amines is 1. The van der Waals surface area contributed by atoms with Gasteiger partial charge in [-0.05, 0) is 28.3 Å². The van der Waals surface area contributed by atoms with Crippen LogP contribution in [0.2, 0.25) is 0 Å². The Hall–Kier alpha value is -3.60. The number of aromatic nitrogens is 1. The second-order valence-corrected chi connectivity index (χ2v) is 6.59. The summed E-state index contributed by atoms with van der Waals surface area (Å²) in [6, 6.07) is 19.4. The van der Waals surface area contributed by atoms with Crippen LogP contribution < -0.4 is 10.7 Å². The van der Waals surface area contributed by atoms with E-state index in [1.165, 1.54) is 34.4 Å². The lowest BCUT2D eigenvalue weighted by atomic mass is 9.98. The van der Waals surface area contributed by atoms with E-state index in [1.54, 1.807) is 18.3 Å². The maximum absolute atomic E-state index is 12.1. The van der Waals surface area contributed by atoms with Crippen molar-refractivity contribution >= 4 is 12.2 Å². The number of pyridine rings is 1. The third-order valence-electron chi connectivity index (χ3n) is 4.80. The molecule has 0 bridgehead atoms. The molecule has 2 N–H and O–H groups in total. The van der Waals surface area contributed by atoms with Crippen LogP contribution in [0.1, 0.15) is 22.7 Å². The van der Waals surface area contributed by atoms with Gasteiger partial charge >= 0.3 is 6.09 Å². The number of carbonyl (C=O) groups excluding carboxylic acids is 1. The SMILES string of the molecule is O=C(NCC=Cc1cc(=O)cc[nH]1)OCC1c2ccccc2-c2ccccc21. The zero-order valence-electron chi connectivity index (χ0n) is 15.2. The van der Waals surface area contributed by atoms with Crippen LogP contribution in [0.3, 0.4) is 0 Å². The predicted molar refractivity (Wildman–Crippen MR) is 109 cm³/mol. The number of amides is 1. The topological polar surface area (TPSA) is 71.2 Å². The van der Waals surface area contributed by atoms with Gasteiger partial charge in [-0.1, -0.05) is 54.6 Å². The molecule has 0 saturated heterocycles. The summed E-state index contributed by atoms with van der Waals surface area (Å²) < 4.78 is 5.47. The van der Waals surface area contributed by atoms with E-state index in [0.29, 0.717) is 12.2 Å². The number of H-pyrrole nitrogens is 1. The lowest BCUT2D eigenvalue weighted by molar-refractivity contribution is 0.144. The Morgan fingerprint density at radius 1 is 1.04 bits per heavy atom. The molecule has 5 heteroatoms. The molecule has 3 aromatic rings. The van der Waals surface area contributed by atoms with Gasteiger partial charge < -0.3 is 15.0 Å². The second-order valence-electron chi connectivity index (χ2n) is 6.59. The number of hydrogen-bond donors (Lipinski definition) is 2. The molecule has 0 spiro atoms. The molecule has 1 aromatic heterocycles. The van der Waals surface area contributed by atoms with E-state index in [1.807, 2.05) is 24.3 Å². The Labute approximate surface area is 162 Å². The summed E-state index contributed by atoms with van der Waals surface area (Å²) in [5.74, 6) is 0.0445. The van der Waals surface area contributed by atoms with Crippen molar-refractivity contribution in [1.82, 2.24) is 10.3 Å². The molecule has 0 unspecified atom stereocenters. The molecule has 0 atom stereocenters. The number of carbonyl (C=O) groups is 1. The number of alkyl carbamates (subject to hydrolysis) is 1. The summed E-state index contributed by atoms with van der Waals surface area (Å²) in [5.41, 5.74) is 5.39. The molecule has 28 heavy (non-hydrogen) atoms. The average Bonchev–Trinajstić information content (AvgIpc) is 3.04. The zero-order chi connectivity index (χ0) is 19.3. The van der Waals surface area contributed by atoms with Gasteiger partial charge in [0.1, 0.15) is 6.61 Å². The standard InChI is InChI=1S/C23H20N2O3/c26-17-11-13-24-16(14-17)6-5-12-25-23(27)28-15-22-20-9-3-1-7-18(20)19-8-2-4-10-21(19)22/h1-11,13-14,22H,12,15H2,(H,24,26)(H,25,27). The monoisotopic (exact) mass is 372 g/mol. The summed E-state index contributed by atoms with van der Waals surface area (Å²) in [4.78, 5) is 26.3. The van der Waals surface area contributed by atoms with Crippen LogP contribution in [0.5, 0.6) is 0 Å². The number of fused-ring (bicyclic) bond motifs is 3. The van der Waals surface area contributed by atoms with Gasteiger partial charge in [-0.15, -0.1) is 0 Å². The Balaban J connectivity index is 1.34. The Kier molecular flexibility index (Phi) is 5.06. The highest BCUT2D eigenvalue weighted by molar-refractivity contribution is 5.79. The molecule has 4 rings (SSSR count). The van der Waals surface area contributed by atoms with Gasteiger partial charge in [-0.2, -0.15) is 0 Å². The summed E-state index contributed by atoms with van der Waals surface area (Å²) in [6.07, 6.45) is 4.62. The van der Waals surface area contributed by atoms with Crippen LogP contribution in [0.25, 0.3) is 17.2 Å². The summed E-state index contributed by atoms with van der Waals surface area (Å²) in [7, 11) is 0. The molecule has 0 radical (unpaired) electrons. The first kappa shape index (κ1) is 17.8. The van der Waals surface area contributed by atoms with Crippen molar-refractivity contribution in [3.8, 4) is 11.1 Å². The van der Waals surface area contributed by atoms with E-state index in [0.717, 1.165) is 0 Å². The fourth-order valence-electron chi connectivity index (χ4n) is 3.54. The first-order chi connectivity index (χ1) is 13.7. The van der Waals surface area contributed by atoms with Gasteiger partial charge in [0.15, 0.2) is 5.43 Å². The molecular weight excluding hydrogens is 352 g/mol. The molecule has 1 amide bonds. The van der Waals surface area contributed by atoms with Gasteiger partial charge in [-0.25, -0.2) is 4.79 Å². The molecule has 1 aliphatic rings. The fraction of sp³-hybridized carbons (Fsp3) is 0.130. The van der Waals surface area contributed by atoms with Gasteiger partial charge in [0.2, 0.25) is 0 Å². The summed E-state index contributed by atoms with van der Waals surface area (Å²) in [6.45, 7) is 0.600. The molecular formula is C23H20N2O3. The zero-order valence-corrected chi connectivity index (χ0v) is 15.2. The van der Waals surface area contributed by atoms with E-state index in [-0.39, 0.29) is 18.0 Å². The summed E-state index contributed by atoms with van der Waals surface area (Å²) >= 11 is 0. The van der Waals surface area contributed by atoms with E-state index < -0.39 is 6.09 Å². The van der Waals surface area contributed by atoms with Crippen molar-refractivity contribution in [2.45, 2.75) is 5.92 Å². The quantitative estimate of drug-likeness (QED) is 0.713. The number of hydrogen-bond acceptors (Lipinski definition) is 3. The Morgan fingerprint density at radius 3 is 2.39 bits per heavy atom. The minimum Gasteiger partial charge on any atom is -0.449 e. The maximum Gasteiger partial charge on any atom is 0.407 e. The first-order valence-electron chi connectivity index (χ1n) is 9.16. The van der Waals surface area contributed by atoms with Crippen molar-refractivity contribution in [3.05, 3.63) is 100.0 Å². The maximum atomic E-state index is 12.1. The predicted octanol–water partition coefficient (Wildman–Crippen LogP) is 3.93. The lowest BCUT2D eigenvalue weighted by Crippen LogP contribution is -2.26. The third-order valence-corrected chi connectivity index (χ3v) is 4.80. The van der Waals surface area contributed by atoms with Crippen molar-refractivity contribution in [3.63, 3.8) is 0 Å². The minimum absolute atomic E-state index is 0.0445. The van der Waals surface area contributed by atoms with Crippen molar-refractivity contribution in [1.29, 1.82) is 0 Å². The van der Waals surface area contributed by atoms with Crippen LogP contribution in [0.15, 0.2) is 77.7 Å². The van der Waals surface area contributed by atoms with Gasteiger partial charge in [0.25, 0.3) is 0 Å². The normalized spacial score (nSPS) is 12.6. The number of nitrogens with one attached hydrogen (secondary N) is 2. The van der Waals surface area contributed by atoms with Crippen LogP contribution in [-0.4, -0.2) is 24.2 Å². The van der Waals surface area contributed by atoms with E-state index in [2.05, 4.69) is 34.6 Å². The Morgan fingerprint density at radius 2 is 1.71 bits per heavy atom. The van der Waals surface area contributed by atoms with Crippen LogP contribution >= 0.6 is 0 Å². The third kappa shape index (κ3) is 3.74. The van der Waals surface area contributed by atoms with Crippen molar-refractivity contribution in [2.24, 2.45) is 0 Å². The average molecular weight is 372 g/mol. The molecule has 0 fully saturated rings. The molecule has 0 saturated carbocycles. The fourth-order valence-corrected chi connectivity index (χ4v) is 3.54. The van der Waals surface area contributed by atoms with E-state index in [9.17, 15) is 9.59 Å². The van der Waals surface area contributed by atoms with Crippen LogP contribution in [0.4, 0.5) is 4.79 Å². The largest absolute Gasteiger partial charge is 0.449 e. The van der Waals surface area contributed by atoms with Gasteiger partial charge in [-0.3, -0.25) is 4.79 Å². The smallest absolute Gasteiger partial charge is 0.407 e. The highest BCUT2D eigenvalue weighted by atomic mass is 16.5. The van der Waals surface area contributed by atoms with Crippen molar-refractivity contribution in [2.75, 3.05) is 13.2 Å². The first-order valence-corrected chi connectivity index (χ1v) is 9.16. The number of rotatable bonds is 5. The lowest BCUT2D eigenvalue weighted by Gasteiger charge is -2.14. The second kappa shape index (κ2) is 7.96. The van der Waals surface area contributed by atoms with Gasteiger partial charge in [0, 0.05) is 36.5 Å². The van der Waals surface area contributed by atoms with E-state index >= 15 is 0 Å². The number of ether oxygens (including phenoxy) is 1. The number of benzene rings is 2. The molecule has 0 aliphatic heterocycles. The van der Waals surface area contributed by atoms with Crippen LogP contribution in [-0.2, 0) is 4.74 Å². The molecule has 2 aromatic carbocycles. The molecule has 1 aliphatic carbocycles. The van der Waals surface area contributed by atoms with E-state index in [4.69, 9.17) is 4.74 Å². The summed E-state index contributed by atoms with van der Waals surface area (Å²) in [5, 5.41) is 2.70. The van der Waals surface area contributed by atoms with Crippen LogP contribution in [0, 0.1) is 0 Å². The van der Waals surface area contributed by atoms with Gasteiger partial charge in [0.05, 0.1) is 0 Å². The highest BCUT2D eigenvalue weighted by Crippen LogP contribution is 2.44. The highest BCUT2D eigenvalue weighted by Gasteiger charge is 2.28.